The van der Waals surface area contributed by atoms with Crippen LogP contribution < -0.4 is 10.2 Å². The lowest BCUT2D eigenvalue weighted by molar-refractivity contribution is 0.372. The van der Waals surface area contributed by atoms with Crippen LogP contribution in [0.1, 0.15) is 23.3 Å². The fraction of sp³-hybridized carbons (Fsp3) is 0.429. The lowest BCUT2D eigenvalue weighted by atomic mass is 10.2. The fourth-order valence-electron chi connectivity index (χ4n) is 3.41. The number of aromatic nitrogens is 3. The van der Waals surface area contributed by atoms with Crippen molar-refractivity contribution in [1.29, 1.82) is 0 Å². The second-order valence-electron chi connectivity index (χ2n) is 7.12. The molecule has 3 aromatic rings. The first kappa shape index (κ1) is 23.9. The SMILES string of the molecule is CCc1nsc(N2CCN(C(=NC)NCc3sc(-c4ccccc4)nc3C)CC2)n1.I. The van der Waals surface area contributed by atoms with Crippen LogP contribution in [-0.4, -0.2) is 58.4 Å². The van der Waals surface area contributed by atoms with E-state index in [1.54, 1.807) is 11.3 Å². The van der Waals surface area contributed by atoms with Gasteiger partial charge in [0.25, 0.3) is 0 Å². The minimum Gasteiger partial charge on any atom is -0.351 e. The van der Waals surface area contributed by atoms with Crippen molar-refractivity contribution in [3.05, 3.63) is 46.7 Å². The summed E-state index contributed by atoms with van der Waals surface area (Å²) in [6.07, 6.45) is 0.885. The van der Waals surface area contributed by atoms with Crippen LogP contribution >= 0.6 is 46.8 Å². The van der Waals surface area contributed by atoms with E-state index >= 15 is 0 Å². The zero-order valence-corrected chi connectivity index (χ0v) is 22.0. The zero-order valence-electron chi connectivity index (χ0n) is 18.0. The van der Waals surface area contributed by atoms with Crippen LogP contribution in [0.2, 0.25) is 0 Å². The third-order valence-corrected chi connectivity index (χ3v) is 7.18. The summed E-state index contributed by atoms with van der Waals surface area (Å²) in [5.74, 6) is 1.87. The molecule has 0 aliphatic carbocycles. The molecule has 0 amide bonds. The second kappa shape index (κ2) is 11.2. The quantitative estimate of drug-likeness (QED) is 0.284. The van der Waals surface area contributed by atoms with Gasteiger partial charge in [-0.25, -0.2) is 9.97 Å². The van der Waals surface area contributed by atoms with E-state index in [-0.39, 0.29) is 24.0 Å². The lowest BCUT2D eigenvalue weighted by Gasteiger charge is -2.36. The van der Waals surface area contributed by atoms with Crippen molar-refractivity contribution in [2.24, 2.45) is 4.99 Å². The van der Waals surface area contributed by atoms with Crippen molar-refractivity contribution in [1.82, 2.24) is 24.6 Å². The molecule has 0 saturated carbocycles. The van der Waals surface area contributed by atoms with Gasteiger partial charge < -0.3 is 15.1 Å². The Kier molecular flexibility index (Phi) is 8.61. The van der Waals surface area contributed by atoms with Gasteiger partial charge in [0, 0.05) is 61.6 Å². The summed E-state index contributed by atoms with van der Waals surface area (Å²) < 4.78 is 4.41. The van der Waals surface area contributed by atoms with E-state index in [0.29, 0.717) is 0 Å². The molecule has 3 heterocycles. The monoisotopic (exact) mass is 569 g/mol. The Labute approximate surface area is 208 Å². The molecule has 7 nitrogen and oxygen atoms in total. The van der Waals surface area contributed by atoms with Gasteiger partial charge in [0.05, 0.1) is 12.2 Å². The summed E-state index contributed by atoms with van der Waals surface area (Å²) >= 11 is 3.25. The average molecular weight is 570 g/mol. The molecule has 0 unspecified atom stereocenters. The minimum absolute atomic E-state index is 0. The van der Waals surface area contributed by atoms with Crippen molar-refractivity contribution in [2.75, 3.05) is 38.1 Å². The fourth-order valence-corrected chi connectivity index (χ4v) is 5.22. The van der Waals surface area contributed by atoms with Crippen LogP contribution in [0.5, 0.6) is 0 Å². The highest BCUT2D eigenvalue weighted by molar-refractivity contribution is 14.0. The highest BCUT2D eigenvalue weighted by atomic mass is 127. The number of guanidine groups is 1. The van der Waals surface area contributed by atoms with Crippen LogP contribution in [0.25, 0.3) is 10.6 Å². The van der Waals surface area contributed by atoms with Gasteiger partial charge in [0.2, 0.25) is 5.13 Å². The molecule has 1 aliphatic heterocycles. The van der Waals surface area contributed by atoms with Crippen LogP contribution in [0.3, 0.4) is 0 Å². The molecule has 0 atom stereocenters. The van der Waals surface area contributed by atoms with Crippen molar-refractivity contribution in [3.63, 3.8) is 0 Å². The summed E-state index contributed by atoms with van der Waals surface area (Å²) in [5.41, 5.74) is 2.25. The number of halogens is 1. The second-order valence-corrected chi connectivity index (χ2v) is 8.93. The molecule has 0 spiro atoms. The minimum atomic E-state index is 0. The Hall–Kier alpha value is -1.79. The maximum Gasteiger partial charge on any atom is 0.205 e. The van der Waals surface area contributed by atoms with Gasteiger partial charge in [-0.05, 0) is 6.92 Å². The number of piperazine rings is 1. The number of aliphatic imine (C=N–C) groups is 1. The summed E-state index contributed by atoms with van der Waals surface area (Å²) in [7, 11) is 1.85. The molecule has 2 aromatic heterocycles. The Balaban J connectivity index is 0.00000272. The third-order valence-electron chi connectivity index (χ3n) is 5.16. The number of aryl methyl sites for hydroxylation is 2. The van der Waals surface area contributed by atoms with Crippen LogP contribution in [-0.2, 0) is 13.0 Å². The Morgan fingerprint density at radius 2 is 1.87 bits per heavy atom. The van der Waals surface area contributed by atoms with E-state index in [1.807, 2.05) is 13.1 Å². The Morgan fingerprint density at radius 1 is 1.13 bits per heavy atom. The van der Waals surface area contributed by atoms with Gasteiger partial charge in [-0.3, -0.25) is 4.99 Å². The molecule has 1 saturated heterocycles. The molecule has 0 radical (unpaired) electrons. The number of rotatable bonds is 5. The molecular formula is C21H28IN7S2. The van der Waals surface area contributed by atoms with Gasteiger partial charge in [0.15, 0.2) is 5.96 Å². The van der Waals surface area contributed by atoms with Crippen LogP contribution in [0, 0.1) is 6.92 Å². The predicted molar refractivity (Wildman–Crippen MR) is 141 cm³/mol. The number of nitrogens with one attached hydrogen (secondary N) is 1. The molecule has 166 valence electrons. The maximum absolute atomic E-state index is 4.76. The number of anilines is 1. The molecule has 1 N–H and O–H groups in total. The Bertz CT molecular complexity index is 994. The molecule has 31 heavy (non-hydrogen) atoms. The van der Waals surface area contributed by atoms with Gasteiger partial charge >= 0.3 is 0 Å². The third kappa shape index (κ3) is 5.72. The van der Waals surface area contributed by atoms with E-state index in [4.69, 9.17) is 4.98 Å². The van der Waals surface area contributed by atoms with E-state index in [2.05, 4.69) is 67.6 Å². The highest BCUT2D eigenvalue weighted by Crippen LogP contribution is 2.27. The van der Waals surface area contributed by atoms with Crippen molar-refractivity contribution in [3.8, 4) is 10.6 Å². The zero-order chi connectivity index (χ0) is 20.9. The number of hydrogen-bond acceptors (Lipinski definition) is 7. The number of thiazole rings is 1. The molecule has 0 bridgehead atoms. The molecule has 4 rings (SSSR count). The number of hydrogen-bond donors (Lipinski definition) is 1. The summed E-state index contributed by atoms with van der Waals surface area (Å²) in [6, 6.07) is 10.3. The maximum atomic E-state index is 4.76. The topological polar surface area (TPSA) is 69.5 Å². The summed E-state index contributed by atoms with van der Waals surface area (Å²) in [5, 5.41) is 5.63. The Morgan fingerprint density at radius 3 is 2.52 bits per heavy atom. The lowest BCUT2D eigenvalue weighted by Crippen LogP contribution is -2.52. The summed E-state index contributed by atoms with van der Waals surface area (Å²) in [4.78, 5) is 19.8. The van der Waals surface area contributed by atoms with E-state index in [0.717, 1.165) is 66.8 Å². The predicted octanol–water partition coefficient (Wildman–Crippen LogP) is 4.05. The molecule has 10 heteroatoms. The number of nitrogens with zero attached hydrogens (tertiary/aromatic N) is 6. The standard InChI is InChI=1S/C21H27N7S2.HI/c1-4-18-25-21(30-26-18)28-12-10-27(11-13-28)20(22-3)23-14-17-15(2)24-19(29-17)16-8-6-5-7-9-16;/h5-9H,4,10-14H2,1-3H3,(H,22,23);1H. The van der Waals surface area contributed by atoms with E-state index in [1.165, 1.54) is 22.0 Å². The van der Waals surface area contributed by atoms with E-state index in [9.17, 15) is 0 Å². The molecule has 1 aromatic carbocycles. The molecular weight excluding hydrogens is 541 g/mol. The van der Waals surface area contributed by atoms with Crippen LogP contribution in [0.4, 0.5) is 5.13 Å². The normalized spacial score (nSPS) is 14.5. The number of benzene rings is 1. The van der Waals surface area contributed by atoms with Crippen molar-refractivity contribution >= 4 is 57.9 Å². The van der Waals surface area contributed by atoms with Gasteiger partial charge in [-0.1, -0.05) is 37.3 Å². The average Bonchev–Trinajstić information content (AvgIpc) is 3.42. The first-order valence-electron chi connectivity index (χ1n) is 10.2. The van der Waals surface area contributed by atoms with Crippen LogP contribution in [0.15, 0.2) is 35.3 Å². The van der Waals surface area contributed by atoms with Crippen molar-refractivity contribution in [2.45, 2.75) is 26.8 Å². The van der Waals surface area contributed by atoms with E-state index < -0.39 is 0 Å². The smallest absolute Gasteiger partial charge is 0.205 e. The van der Waals surface area contributed by atoms with Gasteiger partial charge in [-0.15, -0.1) is 35.3 Å². The molecule has 1 aliphatic rings. The largest absolute Gasteiger partial charge is 0.351 e. The van der Waals surface area contributed by atoms with Gasteiger partial charge in [0.1, 0.15) is 10.8 Å². The first-order valence-corrected chi connectivity index (χ1v) is 11.8. The van der Waals surface area contributed by atoms with Crippen molar-refractivity contribution < 1.29 is 0 Å². The highest BCUT2D eigenvalue weighted by Gasteiger charge is 2.22. The summed E-state index contributed by atoms with van der Waals surface area (Å²) in [6.45, 7) is 8.59. The van der Waals surface area contributed by atoms with Gasteiger partial charge in [-0.2, -0.15) is 4.37 Å². The first-order chi connectivity index (χ1) is 14.7. The molecule has 1 fully saturated rings.